The summed E-state index contributed by atoms with van der Waals surface area (Å²) in [5, 5.41) is 9.52. The maximum absolute atomic E-state index is 5.21. The van der Waals surface area contributed by atoms with E-state index in [2.05, 4.69) is 10.2 Å². The van der Waals surface area contributed by atoms with Crippen molar-refractivity contribution < 1.29 is 4.74 Å². The van der Waals surface area contributed by atoms with Gasteiger partial charge in [0.15, 0.2) is 5.16 Å². The number of aromatic nitrogens is 3. The second-order valence-electron chi connectivity index (χ2n) is 3.29. The molecule has 0 saturated heterocycles. The van der Waals surface area contributed by atoms with Crippen LogP contribution in [0.5, 0.6) is 0 Å². The molecule has 1 aliphatic carbocycles. The van der Waals surface area contributed by atoms with E-state index in [9.17, 15) is 0 Å². The molecule has 0 radical (unpaired) electrons. The molecule has 2 rings (SSSR count). The highest BCUT2D eigenvalue weighted by atomic mass is 32.2. The van der Waals surface area contributed by atoms with E-state index in [1.807, 2.05) is 11.6 Å². The molecular weight excluding hydrogens is 186 g/mol. The Balaban J connectivity index is 1.84. The summed E-state index contributed by atoms with van der Waals surface area (Å²) in [5.41, 5.74) is 0. The van der Waals surface area contributed by atoms with Crippen molar-refractivity contribution in [1.82, 2.24) is 14.8 Å². The Morgan fingerprint density at radius 2 is 2.38 bits per heavy atom. The highest BCUT2D eigenvalue weighted by molar-refractivity contribution is 7.99. The van der Waals surface area contributed by atoms with E-state index in [-0.39, 0.29) is 0 Å². The Morgan fingerprint density at radius 3 is 2.92 bits per heavy atom. The molecule has 72 valence electrons. The van der Waals surface area contributed by atoms with Crippen molar-refractivity contribution >= 4 is 11.8 Å². The predicted molar refractivity (Wildman–Crippen MR) is 50.7 cm³/mol. The van der Waals surface area contributed by atoms with E-state index in [1.165, 1.54) is 0 Å². The Hall–Kier alpha value is -0.550. The number of hydrogen-bond donors (Lipinski definition) is 0. The van der Waals surface area contributed by atoms with Gasteiger partial charge in [0, 0.05) is 19.4 Å². The van der Waals surface area contributed by atoms with Gasteiger partial charge in [-0.1, -0.05) is 11.8 Å². The van der Waals surface area contributed by atoms with Crippen LogP contribution in [0.2, 0.25) is 0 Å². The SMILES string of the molecule is COC1CC(Sc2nncn2C)C1. The summed E-state index contributed by atoms with van der Waals surface area (Å²) in [6, 6.07) is 0. The lowest BCUT2D eigenvalue weighted by Gasteiger charge is -2.32. The lowest BCUT2D eigenvalue weighted by atomic mass is 9.95. The third-order valence-corrected chi connectivity index (χ3v) is 3.63. The quantitative estimate of drug-likeness (QED) is 0.730. The number of thioether (sulfide) groups is 1. The number of rotatable bonds is 3. The maximum atomic E-state index is 5.21. The summed E-state index contributed by atoms with van der Waals surface area (Å²) in [4.78, 5) is 0. The van der Waals surface area contributed by atoms with Crippen LogP contribution < -0.4 is 0 Å². The first kappa shape index (κ1) is 9.02. The van der Waals surface area contributed by atoms with Crippen molar-refractivity contribution in [1.29, 1.82) is 0 Å². The minimum Gasteiger partial charge on any atom is -0.381 e. The standard InChI is InChI=1S/C8H13N3OS/c1-11-5-9-10-8(11)13-7-3-6(4-7)12-2/h5-7H,3-4H2,1-2H3. The van der Waals surface area contributed by atoms with Gasteiger partial charge in [-0.25, -0.2) is 0 Å². The third kappa shape index (κ3) is 1.86. The smallest absolute Gasteiger partial charge is 0.191 e. The average molecular weight is 199 g/mol. The van der Waals surface area contributed by atoms with Crippen LogP contribution >= 0.6 is 11.8 Å². The van der Waals surface area contributed by atoms with Gasteiger partial charge < -0.3 is 9.30 Å². The number of nitrogens with zero attached hydrogens (tertiary/aromatic N) is 3. The Morgan fingerprint density at radius 1 is 1.62 bits per heavy atom. The normalized spacial score (nSPS) is 27.2. The lowest BCUT2D eigenvalue weighted by Crippen LogP contribution is -2.32. The zero-order chi connectivity index (χ0) is 9.26. The lowest BCUT2D eigenvalue weighted by molar-refractivity contribution is 0.0456. The summed E-state index contributed by atoms with van der Waals surface area (Å²) < 4.78 is 7.16. The third-order valence-electron chi connectivity index (χ3n) is 2.33. The Bertz CT molecular complexity index is 283. The molecule has 1 aromatic heterocycles. The molecule has 0 spiro atoms. The van der Waals surface area contributed by atoms with Crippen molar-refractivity contribution in [3.05, 3.63) is 6.33 Å². The molecule has 0 N–H and O–H groups in total. The molecule has 0 aromatic carbocycles. The fourth-order valence-corrected chi connectivity index (χ4v) is 2.56. The zero-order valence-corrected chi connectivity index (χ0v) is 8.62. The molecular formula is C8H13N3OS. The van der Waals surface area contributed by atoms with Gasteiger partial charge in [-0.15, -0.1) is 10.2 Å². The van der Waals surface area contributed by atoms with E-state index >= 15 is 0 Å². The van der Waals surface area contributed by atoms with E-state index in [4.69, 9.17) is 4.74 Å². The van der Waals surface area contributed by atoms with E-state index in [1.54, 1.807) is 25.2 Å². The number of methoxy groups -OCH3 is 1. The van der Waals surface area contributed by atoms with Gasteiger partial charge >= 0.3 is 0 Å². The van der Waals surface area contributed by atoms with Gasteiger partial charge in [-0.3, -0.25) is 0 Å². The number of aryl methyl sites for hydroxylation is 1. The van der Waals surface area contributed by atoms with Crippen molar-refractivity contribution in [3.63, 3.8) is 0 Å². The molecule has 5 heteroatoms. The molecule has 13 heavy (non-hydrogen) atoms. The minimum absolute atomic E-state index is 0.464. The summed E-state index contributed by atoms with van der Waals surface area (Å²) in [5.74, 6) is 0. The fourth-order valence-electron chi connectivity index (χ4n) is 1.33. The number of hydrogen-bond acceptors (Lipinski definition) is 4. The van der Waals surface area contributed by atoms with Crippen LogP contribution in [0.25, 0.3) is 0 Å². The highest BCUT2D eigenvalue weighted by Crippen LogP contribution is 2.36. The van der Waals surface area contributed by atoms with E-state index < -0.39 is 0 Å². The zero-order valence-electron chi connectivity index (χ0n) is 7.80. The average Bonchev–Trinajstić information content (AvgIpc) is 2.43. The molecule has 1 aromatic rings. The largest absolute Gasteiger partial charge is 0.381 e. The topological polar surface area (TPSA) is 39.9 Å². The molecule has 0 unspecified atom stereocenters. The maximum Gasteiger partial charge on any atom is 0.191 e. The van der Waals surface area contributed by atoms with Crippen LogP contribution in [0.4, 0.5) is 0 Å². The molecule has 0 bridgehead atoms. The summed E-state index contributed by atoms with van der Waals surface area (Å²) in [7, 11) is 3.74. The van der Waals surface area contributed by atoms with Crippen LogP contribution in [0, 0.1) is 0 Å². The van der Waals surface area contributed by atoms with Crippen molar-refractivity contribution in [2.24, 2.45) is 7.05 Å². The summed E-state index contributed by atoms with van der Waals surface area (Å²) in [6.07, 6.45) is 4.46. The Labute approximate surface area is 81.7 Å². The molecule has 0 atom stereocenters. The second kappa shape index (κ2) is 3.67. The van der Waals surface area contributed by atoms with Crippen LogP contribution in [-0.2, 0) is 11.8 Å². The number of ether oxygens (including phenoxy) is 1. The van der Waals surface area contributed by atoms with Crippen molar-refractivity contribution in [3.8, 4) is 0 Å². The molecule has 0 amide bonds. The summed E-state index contributed by atoms with van der Waals surface area (Å²) in [6.45, 7) is 0. The predicted octanol–water partition coefficient (Wildman–Crippen LogP) is 1.08. The van der Waals surface area contributed by atoms with Gasteiger partial charge in [-0.05, 0) is 12.8 Å². The fraction of sp³-hybridized carbons (Fsp3) is 0.750. The highest BCUT2D eigenvalue weighted by Gasteiger charge is 2.30. The second-order valence-corrected chi connectivity index (χ2v) is 4.56. The van der Waals surface area contributed by atoms with Gasteiger partial charge in [0.1, 0.15) is 6.33 Å². The molecule has 0 aliphatic heterocycles. The monoisotopic (exact) mass is 199 g/mol. The van der Waals surface area contributed by atoms with E-state index in [0.717, 1.165) is 18.0 Å². The molecule has 4 nitrogen and oxygen atoms in total. The first-order valence-corrected chi connectivity index (χ1v) is 5.21. The first-order valence-electron chi connectivity index (χ1n) is 4.33. The summed E-state index contributed by atoms with van der Waals surface area (Å²) >= 11 is 1.79. The van der Waals surface area contributed by atoms with Gasteiger partial charge in [0.2, 0.25) is 0 Å². The van der Waals surface area contributed by atoms with Gasteiger partial charge in [0.05, 0.1) is 6.10 Å². The van der Waals surface area contributed by atoms with E-state index in [0.29, 0.717) is 11.4 Å². The first-order chi connectivity index (χ1) is 6.29. The van der Waals surface area contributed by atoms with Crippen LogP contribution in [0.15, 0.2) is 11.5 Å². The van der Waals surface area contributed by atoms with Crippen molar-refractivity contribution in [2.45, 2.75) is 29.4 Å². The Kier molecular flexibility index (Phi) is 2.55. The van der Waals surface area contributed by atoms with Gasteiger partial charge in [-0.2, -0.15) is 0 Å². The molecule has 1 aliphatic rings. The molecule has 1 heterocycles. The van der Waals surface area contributed by atoms with Crippen molar-refractivity contribution in [2.75, 3.05) is 7.11 Å². The van der Waals surface area contributed by atoms with Crippen LogP contribution in [-0.4, -0.2) is 33.2 Å². The molecule has 1 fully saturated rings. The minimum atomic E-state index is 0.464. The van der Waals surface area contributed by atoms with Crippen LogP contribution in [0.3, 0.4) is 0 Å². The van der Waals surface area contributed by atoms with Crippen LogP contribution in [0.1, 0.15) is 12.8 Å². The molecule has 1 saturated carbocycles. The van der Waals surface area contributed by atoms with Gasteiger partial charge in [0.25, 0.3) is 0 Å².